The van der Waals surface area contributed by atoms with Crippen molar-refractivity contribution < 1.29 is 19.8 Å². The van der Waals surface area contributed by atoms with Gasteiger partial charge in [-0.1, -0.05) is 0 Å². The van der Waals surface area contributed by atoms with E-state index in [1.165, 1.54) is 0 Å². The van der Waals surface area contributed by atoms with E-state index in [2.05, 4.69) is 5.32 Å². The standard InChI is InChI=1S/C6H9NO4/c8-4(9)3-7-6(1-2-6)5(10)11/h7H,1-3H2,(H,8,9)(H,10,11). The summed E-state index contributed by atoms with van der Waals surface area (Å²) < 4.78 is 0. The van der Waals surface area contributed by atoms with Gasteiger partial charge in [0.05, 0.1) is 6.54 Å². The van der Waals surface area contributed by atoms with Crippen molar-refractivity contribution in [2.45, 2.75) is 18.4 Å². The average molecular weight is 159 g/mol. The second kappa shape index (κ2) is 2.50. The van der Waals surface area contributed by atoms with Crippen molar-refractivity contribution in [3.8, 4) is 0 Å². The average Bonchev–Trinajstić information content (AvgIpc) is 2.63. The second-order valence-corrected chi connectivity index (χ2v) is 2.63. The number of carbonyl (C=O) groups is 2. The van der Waals surface area contributed by atoms with E-state index in [1.807, 2.05) is 0 Å². The quantitative estimate of drug-likeness (QED) is 0.503. The number of carboxylic acids is 2. The van der Waals surface area contributed by atoms with Crippen LogP contribution >= 0.6 is 0 Å². The molecule has 1 fully saturated rings. The van der Waals surface area contributed by atoms with E-state index in [9.17, 15) is 9.59 Å². The summed E-state index contributed by atoms with van der Waals surface area (Å²) in [5.41, 5.74) is -0.932. The van der Waals surface area contributed by atoms with Crippen LogP contribution in [0, 0.1) is 0 Å². The Morgan fingerprint density at radius 1 is 1.36 bits per heavy atom. The first-order valence-electron chi connectivity index (χ1n) is 3.27. The molecular weight excluding hydrogens is 150 g/mol. The highest BCUT2D eigenvalue weighted by Gasteiger charge is 2.50. The smallest absolute Gasteiger partial charge is 0.323 e. The molecule has 0 aromatic rings. The van der Waals surface area contributed by atoms with E-state index in [0.717, 1.165) is 0 Å². The predicted molar refractivity (Wildman–Crippen MR) is 35.2 cm³/mol. The number of hydrogen-bond acceptors (Lipinski definition) is 3. The summed E-state index contributed by atoms with van der Waals surface area (Å²) in [5, 5.41) is 19.3. The summed E-state index contributed by atoms with van der Waals surface area (Å²) in [7, 11) is 0. The Hall–Kier alpha value is -1.10. The molecule has 0 radical (unpaired) electrons. The van der Waals surface area contributed by atoms with Gasteiger partial charge in [-0.25, -0.2) is 0 Å². The molecule has 62 valence electrons. The van der Waals surface area contributed by atoms with Crippen molar-refractivity contribution in [1.82, 2.24) is 5.32 Å². The van der Waals surface area contributed by atoms with Gasteiger partial charge in [-0.15, -0.1) is 0 Å². The number of rotatable bonds is 4. The van der Waals surface area contributed by atoms with E-state index in [-0.39, 0.29) is 6.54 Å². The summed E-state index contributed by atoms with van der Waals surface area (Å²) in [4.78, 5) is 20.5. The monoisotopic (exact) mass is 159 g/mol. The first kappa shape index (κ1) is 8.00. The topological polar surface area (TPSA) is 86.6 Å². The first-order chi connectivity index (χ1) is 5.07. The highest BCUT2D eigenvalue weighted by atomic mass is 16.4. The SMILES string of the molecule is O=C(O)CNC1(C(=O)O)CC1. The molecule has 0 unspecified atom stereocenters. The lowest BCUT2D eigenvalue weighted by Crippen LogP contribution is -2.41. The molecule has 1 aliphatic carbocycles. The Kier molecular flexibility index (Phi) is 1.82. The van der Waals surface area contributed by atoms with Gasteiger partial charge in [0.2, 0.25) is 0 Å². The third-order valence-electron chi connectivity index (χ3n) is 1.74. The zero-order valence-corrected chi connectivity index (χ0v) is 5.83. The summed E-state index contributed by atoms with van der Waals surface area (Å²) in [6.45, 7) is -0.285. The number of carboxylic acid groups (broad SMARTS) is 2. The summed E-state index contributed by atoms with van der Waals surface area (Å²) in [6.07, 6.45) is 1.05. The minimum Gasteiger partial charge on any atom is -0.480 e. The fourth-order valence-corrected chi connectivity index (χ4v) is 0.836. The van der Waals surface area contributed by atoms with Gasteiger partial charge < -0.3 is 10.2 Å². The molecule has 5 nitrogen and oxygen atoms in total. The molecule has 11 heavy (non-hydrogen) atoms. The van der Waals surface area contributed by atoms with Crippen LogP contribution in [0.5, 0.6) is 0 Å². The van der Waals surface area contributed by atoms with Gasteiger partial charge in [0.15, 0.2) is 0 Å². The molecule has 0 bridgehead atoms. The van der Waals surface area contributed by atoms with Gasteiger partial charge in [-0.05, 0) is 12.8 Å². The third kappa shape index (κ3) is 1.68. The van der Waals surface area contributed by atoms with Gasteiger partial charge in [-0.3, -0.25) is 14.9 Å². The molecule has 1 rings (SSSR count). The van der Waals surface area contributed by atoms with Crippen molar-refractivity contribution in [3.63, 3.8) is 0 Å². The fraction of sp³-hybridized carbons (Fsp3) is 0.667. The lowest BCUT2D eigenvalue weighted by atomic mass is 10.3. The minimum atomic E-state index is -1.03. The number of aliphatic carboxylic acids is 2. The maximum atomic E-state index is 10.4. The Bertz CT molecular complexity index is 197. The van der Waals surface area contributed by atoms with Crippen LogP contribution in [0.1, 0.15) is 12.8 Å². The largest absolute Gasteiger partial charge is 0.480 e. The molecule has 0 aliphatic heterocycles. The Labute approximate surface area is 63.0 Å². The zero-order chi connectivity index (χ0) is 8.48. The van der Waals surface area contributed by atoms with Gasteiger partial charge in [0.25, 0.3) is 0 Å². The molecule has 3 N–H and O–H groups in total. The minimum absolute atomic E-state index is 0.285. The van der Waals surface area contributed by atoms with Crippen LogP contribution in [0.2, 0.25) is 0 Å². The van der Waals surface area contributed by atoms with Crippen LogP contribution in [0.25, 0.3) is 0 Å². The zero-order valence-electron chi connectivity index (χ0n) is 5.83. The first-order valence-corrected chi connectivity index (χ1v) is 3.27. The normalized spacial score (nSPS) is 19.3. The van der Waals surface area contributed by atoms with Crippen LogP contribution in [0.3, 0.4) is 0 Å². The van der Waals surface area contributed by atoms with Gasteiger partial charge in [0, 0.05) is 0 Å². The molecule has 0 aromatic heterocycles. The highest BCUT2D eigenvalue weighted by molar-refractivity contribution is 5.83. The molecule has 0 saturated heterocycles. The Morgan fingerprint density at radius 3 is 2.18 bits per heavy atom. The van der Waals surface area contributed by atoms with Crippen LogP contribution < -0.4 is 5.32 Å². The third-order valence-corrected chi connectivity index (χ3v) is 1.74. The lowest BCUT2D eigenvalue weighted by Gasteiger charge is -2.08. The molecule has 1 aliphatic rings. The van der Waals surface area contributed by atoms with Crippen LogP contribution in [0.4, 0.5) is 0 Å². The summed E-state index contributed by atoms with van der Waals surface area (Å²) in [5.74, 6) is -1.99. The highest BCUT2D eigenvalue weighted by Crippen LogP contribution is 2.35. The lowest BCUT2D eigenvalue weighted by molar-refractivity contribution is -0.141. The molecule has 0 heterocycles. The molecule has 0 spiro atoms. The summed E-state index contributed by atoms with van der Waals surface area (Å²) >= 11 is 0. The van der Waals surface area contributed by atoms with Crippen molar-refractivity contribution >= 4 is 11.9 Å². The van der Waals surface area contributed by atoms with Gasteiger partial charge in [-0.2, -0.15) is 0 Å². The van der Waals surface area contributed by atoms with Gasteiger partial charge >= 0.3 is 11.9 Å². The maximum Gasteiger partial charge on any atom is 0.323 e. The predicted octanol–water partition coefficient (Wildman–Crippen LogP) is -0.722. The number of hydrogen-bond donors (Lipinski definition) is 3. The second-order valence-electron chi connectivity index (χ2n) is 2.63. The van der Waals surface area contributed by atoms with Crippen molar-refractivity contribution in [3.05, 3.63) is 0 Å². The molecule has 0 amide bonds. The van der Waals surface area contributed by atoms with Crippen molar-refractivity contribution in [1.29, 1.82) is 0 Å². The van der Waals surface area contributed by atoms with E-state index in [4.69, 9.17) is 10.2 Å². The van der Waals surface area contributed by atoms with Crippen LogP contribution in [-0.2, 0) is 9.59 Å². The molecule has 0 atom stereocenters. The van der Waals surface area contributed by atoms with E-state index in [1.54, 1.807) is 0 Å². The fourth-order valence-electron chi connectivity index (χ4n) is 0.836. The Morgan fingerprint density at radius 2 is 1.91 bits per heavy atom. The molecule has 5 heteroatoms. The number of nitrogens with one attached hydrogen (secondary N) is 1. The molecular formula is C6H9NO4. The van der Waals surface area contributed by atoms with E-state index >= 15 is 0 Å². The van der Waals surface area contributed by atoms with Crippen molar-refractivity contribution in [2.24, 2.45) is 0 Å². The van der Waals surface area contributed by atoms with Crippen LogP contribution in [0.15, 0.2) is 0 Å². The summed E-state index contributed by atoms with van der Waals surface area (Å²) in [6, 6.07) is 0. The maximum absolute atomic E-state index is 10.4. The molecule has 1 saturated carbocycles. The van der Waals surface area contributed by atoms with E-state index in [0.29, 0.717) is 12.8 Å². The van der Waals surface area contributed by atoms with Crippen LogP contribution in [-0.4, -0.2) is 34.2 Å². The Balaban J connectivity index is 2.36. The van der Waals surface area contributed by atoms with Crippen molar-refractivity contribution in [2.75, 3.05) is 6.54 Å². The van der Waals surface area contributed by atoms with E-state index < -0.39 is 17.5 Å². The molecule has 0 aromatic carbocycles. The van der Waals surface area contributed by atoms with Gasteiger partial charge in [0.1, 0.15) is 5.54 Å².